The Bertz CT molecular complexity index is 339. The van der Waals surface area contributed by atoms with Crippen LogP contribution in [0.1, 0.15) is 47.5 Å². The van der Waals surface area contributed by atoms with Gasteiger partial charge in [0.15, 0.2) is 0 Å². The number of amides is 1. The van der Waals surface area contributed by atoms with E-state index in [1.807, 2.05) is 39.5 Å². The van der Waals surface area contributed by atoms with Crippen molar-refractivity contribution >= 4 is 6.09 Å². The maximum atomic E-state index is 12.1. The van der Waals surface area contributed by atoms with Crippen molar-refractivity contribution in [3.63, 3.8) is 0 Å². The van der Waals surface area contributed by atoms with Gasteiger partial charge in [0.05, 0.1) is 5.60 Å². The second kappa shape index (κ2) is 4.65. The normalized spacial score (nSPS) is 31.5. The van der Waals surface area contributed by atoms with E-state index < -0.39 is 11.2 Å². The lowest BCUT2D eigenvalue weighted by atomic mass is 9.75. The second-order valence-corrected chi connectivity index (χ2v) is 7.66. The molecule has 2 unspecified atom stereocenters. The van der Waals surface area contributed by atoms with Crippen molar-refractivity contribution < 1.29 is 14.6 Å². The highest BCUT2D eigenvalue weighted by Gasteiger charge is 2.49. The number of nitrogens with zero attached hydrogens (tertiary/aromatic N) is 1. The molecule has 2 atom stereocenters. The van der Waals surface area contributed by atoms with E-state index in [9.17, 15) is 9.90 Å². The summed E-state index contributed by atoms with van der Waals surface area (Å²) in [6.07, 6.45) is 2.01. The van der Waals surface area contributed by atoms with Crippen LogP contribution in [0.4, 0.5) is 4.79 Å². The number of piperidine rings is 1. The fourth-order valence-corrected chi connectivity index (χ4v) is 3.85. The molecule has 2 rings (SSSR count). The molecule has 0 radical (unpaired) electrons. The lowest BCUT2D eigenvalue weighted by Crippen LogP contribution is -2.52. The Balaban J connectivity index is 2.03. The molecule has 1 aliphatic heterocycles. The van der Waals surface area contributed by atoms with Gasteiger partial charge < -0.3 is 14.7 Å². The Labute approximate surface area is 116 Å². The monoisotopic (exact) mass is 269 g/mol. The number of ether oxygens (including phenoxy) is 1. The summed E-state index contributed by atoms with van der Waals surface area (Å²) in [5, 5.41) is 10.3. The third-order valence-corrected chi connectivity index (χ3v) is 4.30. The van der Waals surface area contributed by atoms with E-state index in [1.54, 1.807) is 0 Å². The number of rotatable bonds is 1. The van der Waals surface area contributed by atoms with Gasteiger partial charge in [0.25, 0.3) is 0 Å². The van der Waals surface area contributed by atoms with Crippen LogP contribution in [0.3, 0.4) is 0 Å². The Hall–Kier alpha value is -0.770. The summed E-state index contributed by atoms with van der Waals surface area (Å²) >= 11 is 0. The Morgan fingerprint density at radius 3 is 1.95 bits per heavy atom. The highest BCUT2D eigenvalue weighted by atomic mass is 16.6. The molecule has 1 amide bonds. The van der Waals surface area contributed by atoms with Gasteiger partial charge >= 0.3 is 6.09 Å². The Morgan fingerprint density at radius 1 is 1.11 bits per heavy atom. The van der Waals surface area contributed by atoms with E-state index in [-0.39, 0.29) is 6.09 Å². The first-order valence-electron chi connectivity index (χ1n) is 7.28. The van der Waals surface area contributed by atoms with Gasteiger partial charge in [0.2, 0.25) is 0 Å². The largest absolute Gasteiger partial charge is 0.444 e. The summed E-state index contributed by atoms with van der Waals surface area (Å²) in [5.74, 6) is 1.13. The van der Waals surface area contributed by atoms with E-state index in [0.717, 1.165) is 25.9 Å². The number of fused-ring (bicyclic) bond motifs is 2. The molecule has 0 aromatic carbocycles. The second-order valence-electron chi connectivity index (χ2n) is 7.66. The van der Waals surface area contributed by atoms with Crippen LogP contribution >= 0.6 is 0 Å². The SMILES string of the molecule is CC(C)(C)OC(=O)N1CC2CCC(C1)C2C(C)(C)O. The molecular weight excluding hydrogens is 242 g/mol. The fraction of sp³-hybridized carbons (Fsp3) is 0.933. The predicted octanol–water partition coefficient (Wildman–Crippen LogP) is 2.65. The highest BCUT2D eigenvalue weighted by Crippen LogP contribution is 2.47. The van der Waals surface area contributed by atoms with Crippen LogP contribution in [0.25, 0.3) is 0 Å². The van der Waals surface area contributed by atoms with Crippen LogP contribution in [0.15, 0.2) is 0 Å². The molecule has 0 spiro atoms. The van der Waals surface area contributed by atoms with Crippen LogP contribution < -0.4 is 0 Å². The maximum absolute atomic E-state index is 12.1. The number of aliphatic hydroxyl groups is 1. The lowest BCUT2D eigenvalue weighted by Gasteiger charge is -2.43. The molecule has 0 aromatic rings. The molecule has 1 aliphatic carbocycles. The molecule has 0 aromatic heterocycles. The first kappa shape index (κ1) is 14.6. The fourth-order valence-electron chi connectivity index (χ4n) is 3.85. The van der Waals surface area contributed by atoms with Crippen molar-refractivity contribution in [2.75, 3.05) is 13.1 Å². The first-order chi connectivity index (χ1) is 8.58. The van der Waals surface area contributed by atoms with Gasteiger partial charge in [-0.05, 0) is 65.2 Å². The summed E-state index contributed by atoms with van der Waals surface area (Å²) in [7, 11) is 0. The van der Waals surface area contributed by atoms with Gasteiger partial charge in [0.1, 0.15) is 5.60 Å². The third kappa shape index (κ3) is 3.22. The van der Waals surface area contributed by atoms with Crippen LogP contribution in [-0.4, -0.2) is 40.4 Å². The quantitative estimate of drug-likeness (QED) is 0.796. The van der Waals surface area contributed by atoms with Gasteiger partial charge in [-0.25, -0.2) is 4.79 Å². The summed E-state index contributed by atoms with van der Waals surface area (Å²) < 4.78 is 5.45. The zero-order chi connectivity index (χ0) is 14.4. The van der Waals surface area contributed by atoms with Gasteiger partial charge in [-0.3, -0.25) is 0 Å². The summed E-state index contributed by atoms with van der Waals surface area (Å²) in [5.41, 5.74) is -1.09. The molecule has 110 valence electrons. The summed E-state index contributed by atoms with van der Waals surface area (Å²) in [4.78, 5) is 14.0. The van der Waals surface area contributed by atoms with E-state index in [4.69, 9.17) is 4.74 Å². The third-order valence-electron chi connectivity index (χ3n) is 4.30. The molecule has 1 saturated carbocycles. The summed E-state index contributed by atoms with van der Waals surface area (Å²) in [6.45, 7) is 10.9. The number of likely N-dealkylation sites (tertiary alicyclic amines) is 1. The molecule has 1 N–H and O–H groups in total. The minimum absolute atomic E-state index is 0.210. The topological polar surface area (TPSA) is 49.8 Å². The molecule has 2 bridgehead atoms. The molecule has 4 heteroatoms. The molecular formula is C15H27NO3. The van der Waals surface area contributed by atoms with E-state index >= 15 is 0 Å². The highest BCUT2D eigenvalue weighted by molar-refractivity contribution is 5.68. The van der Waals surface area contributed by atoms with Crippen molar-refractivity contribution in [3.8, 4) is 0 Å². The molecule has 19 heavy (non-hydrogen) atoms. The number of hydrogen-bond donors (Lipinski definition) is 1. The molecule has 1 heterocycles. The van der Waals surface area contributed by atoms with E-state index in [0.29, 0.717) is 17.8 Å². The lowest BCUT2D eigenvalue weighted by molar-refractivity contribution is -0.0562. The number of hydrogen-bond acceptors (Lipinski definition) is 3. The molecule has 4 nitrogen and oxygen atoms in total. The van der Waals surface area contributed by atoms with Gasteiger partial charge in [-0.1, -0.05) is 0 Å². The standard InChI is InChI=1S/C15H27NO3/c1-14(2,3)19-13(17)16-8-10-6-7-11(9-16)12(10)15(4,5)18/h10-12,18H,6-9H2,1-5H3. The maximum Gasteiger partial charge on any atom is 0.410 e. The smallest absolute Gasteiger partial charge is 0.410 e. The summed E-state index contributed by atoms with van der Waals surface area (Å²) in [6, 6.07) is 0. The van der Waals surface area contributed by atoms with Crippen LogP contribution in [0, 0.1) is 17.8 Å². The van der Waals surface area contributed by atoms with Gasteiger partial charge in [-0.2, -0.15) is 0 Å². The van der Waals surface area contributed by atoms with Crippen LogP contribution in [-0.2, 0) is 4.74 Å². The van der Waals surface area contributed by atoms with E-state index in [1.165, 1.54) is 0 Å². The molecule has 2 aliphatic rings. The van der Waals surface area contributed by atoms with Crippen molar-refractivity contribution in [2.24, 2.45) is 17.8 Å². The Kier molecular flexibility index (Phi) is 3.58. The van der Waals surface area contributed by atoms with Gasteiger partial charge in [0, 0.05) is 13.1 Å². The average molecular weight is 269 g/mol. The number of carbonyl (C=O) groups excluding carboxylic acids is 1. The average Bonchev–Trinajstić information content (AvgIpc) is 2.47. The van der Waals surface area contributed by atoms with Crippen molar-refractivity contribution in [1.82, 2.24) is 4.90 Å². The Morgan fingerprint density at radius 2 is 1.58 bits per heavy atom. The first-order valence-corrected chi connectivity index (χ1v) is 7.28. The zero-order valence-electron chi connectivity index (χ0n) is 12.8. The van der Waals surface area contributed by atoms with Crippen molar-refractivity contribution in [3.05, 3.63) is 0 Å². The van der Waals surface area contributed by atoms with Crippen molar-refractivity contribution in [1.29, 1.82) is 0 Å². The zero-order valence-corrected chi connectivity index (χ0v) is 12.8. The minimum Gasteiger partial charge on any atom is -0.444 e. The van der Waals surface area contributed by atoms with Gasteiger partial charge in [-0.15, -0.1) is 0 Å². The minimum atomic E-state index is -0.647. The van der Waals surface area contributed by atoms with Crippen LogP contribution in [0.5, 0.6) is 0 Å². The van der Waals surface area contributed by atoms with Crippen LogP contribution in [0.2, 0.25) is 0 Å². The predicted molar refractivity (Wildman–Crippen MR) is 73.8 cm³/mol. The number of carbonyl (C=O) groups is 1. The van der Waals surface area contributed by atoms with Crippen molar-refractivity contribution in [2.45, 2.75) is 58.7 Å². The molecule has 2 fully saturated rings. The van der Waals surface area contributed by atoms with E-state index in [2.05, 4.69) is 0 Å². The molecule has 1 saturated heterocycles.